The number of hydrogen-bond acceptors (Lipinski definition) is 4. The number of carbonyl (C=O) groups excluding carboxylic acids is 2. The number of amides is 2. The fourth-order valence-electron chi connectivity index (χ4n) is 2.56. The molecule has 0 radical (unpaired) electrons. The second kappa shape index (κ2) is 5.50. The van der Waals surface area contributed by atoms with E-state index in [9.17, 15) is 14.7 Å². The Hall–Kier alpha value is -2.08. The number of carbonyl (C=O) groups is 2. The summed E-state index contributed by atoms with van der Waals surface area (Å²) in [4.78, 5) is 21.9. The molecule has 1 atom stereocenters. The molecule has 4 N–H and O–H groups in total. The monoisotopic (exact) mass is 278 g/mol. The highest BCUT2D eigenvalue weighted by atomic mass is 16.5. The summed E-state index contributed by atoms with van der Waals surface area (Å²) >= 11 is 0. The molecule has 0 bridgehead atoms. The van der Waals surface area contributed by atoms with Crippen molar-refractivity contribution < 1.29 is 19.4 Å². The molecule has 1 aromatic rings. The Labute approximate surface area is 116 Å². The van der Waals surface area contributed by atoms with Crippen molar-refractivity contribution in [3.05, 3.63) is 29.3 Å². The largest absolute Gasteiger partial charge is 0.497 e. The van der Waals surface area contributed by atoms with Gasteiger partial charge in [-0.1, -0.05) is 6.07 Å². The minimum Gasteiger partial charge on any atom is -0.497 e. The number of ether oxygens (including phenoxy) is 1. The molecule has 0 saturated heterocycles. The molecule has 0 aromatic heterocycles. The quantitative estimate of drug-likeness (QED) is 0.667. The summed E-state index contributed by atoms with van der Waals surface area (Å²) in [7, 11) is 1.59. The van der Waals surface area contributed by atoms with Crippen molar-refractivity contribution in [1.29, 1.82) is 0 Å². The first-order valence-corrected chi connectivity index (χ1v) is 6.44. The number of aryl methyl sites for hydroxylation is 1. The van der Waals surface area contributed by atoms with Gasteiger partial charge in [-0.25, -0.2) is 0 Å². The highest BCUT2D eigenvalue weighted by Crippen LogP contribution is 2.36. The van der Waals surface area contributed by atoms with Crippen molar-refractivity contribution in [2.75, 3.05) is 13.7 Å². The smallest absolute Gasteiger partial charge is 0.309 e. The Bertz CT molecular complexity index is 544. The number of fused-ring (bicyclic) bond motifs is 1. The van der Waals surface area contributed by atoms with E-state index in [0.29, 0.717) is 6.42 Å². The van der Waals surface area contributed by atoms with Crippen LogP contribution in [-0.2, 0) is 21.6 Å². The van der Waals surface area contributed by atoms with Crippen molar-refractivity contribution >= 4 is 11.8 Å². The molecule has 108 valence electrons. The zero-order chi connectivity index (χ0) is 14.8. The summed E-state index contributed by atoms with van der Waals surface area (Å²) in [5.41, 5.74) is 5.45. The Morgan fingerprint density at radius 2 is 2.25 bits per heavy atom. The van der Waals surface area contributed by atoms with Gasteiger partial charge in [0, 0.05) is 0 Å². The van der Waals surface area contributed by atoms with E-state index < -0.39 is 17.4 Å². The van der Waals surface area contributed by atoms with Crippen LogP contribution >= 0.6 is 0 Å². The molecule has 1 aromatic carbocycles. The van der Waals surface area contributed by atoms with Crippen LogP contribution in [0.5, 0.6) is 5.75 Å². The molecular formula is C14H18N2O4. The lowest BCUT2D eigenvalue weighted by Gasteiger charge is -2.34. The molecule has 0 aliphatic heterocycles. The third kappa shape index (κ3) is 2.75. The summed E-state index contributed by atoms with van der Waals surface area (Å²) in [6.45, 7) is -0.0336. The SMILES string of the molecule is COc1ccc2c(c1)CCCC2(O)CNC(=O)C(N)=O. The number of nitrogens with two attached hydrogens (primary N) is 1. The number of hydrogen-bond donors (Lipinski definition) is 3. The van der Waals surface area contributed by atoms with Crippen LogP contribution in [0.25, 0.3) is 0 Å². The van der Waals surface area contributed by atoms with Crippen molar-refractivity contribution in [1.82, 2.24) is 5.32 Å². The predicted molar refractivity (Wildman–Crippen MR) is 72.0 cm³/mol. The van der Waals surface area contributed by atoms with Crippen LogP contribution in [0.4, 0.5) is 0 Å². The highest BCUT2D eigenvalue weighted by Gasteiger charge is 2.35. The molecule has 1 aliphatic carbocycles. The summed E-state index contributed by atoms with van der Waals surface area (Å²) in [5, 5.41) is 13.1. The van der Waals surface area contributed by atoms with Gasteiger partial charge < -0.3 is 20.9 Å². The van der Waals surface area contributed by atoms with E-state index in [2.05, 4.69) is 5.32 Å². The second-order valence-corrected chi connectivity index (χ2v) is 4.96. The lowest BCUT2D eigenvalue weighted by atomic mass is 9.79. The van der Waals surface area contributed by atoms with E-state index in [-0.39, 0.29) is 6.54 Å². The maximum atomic E-state index is 11.2. The summed E-state index contributed by atoms with van der Waals surface area (Å²) < 4.78 is 5.17. The molecule has 0 heterocycles. The van der Waals surface area contributed by atoms with E-state index in [1.807, 2.05) is 6.07 Å². The molecule has 0 saturated carbocycles. The Balaban J connectivity index is 2.22. The minimum absolute atomic E-state index is 0.0336. The van der Waals surface area contributed by atoms with Crippen LogP contribution in [0.1, 0.15) is 24.0 Å². The maximum absolute atomic E-state index is 11.2. The third-order valence-electron chi connectivity index (χ3n) is 3.62. The summed E-state index contributed by atoms with van der Waals surface area (Å²) in [5.74, 6) is -1.22. The lowest BCUT2D eigenvalue weighted by molar-refractivity contribution is -0.138. The zero-order valence-corrected chi connectivity index (χ0v) is 11.3. The van der Waals surface area contributed by atoms with Gasteiger partial charge in [0.15, 0.2) is 0 Å². The molecule has 6 nitrogen and oxygen atoms in total. The topological polar surface area (TPSA) is 102 Å². The highest BCUT2D eigenvalue weighted by molar-refractivity contribution is 6.34. The van der Waals surface area contributed by atoms with Crippen molar-refractivity contribution in [3.8, 4) is 5.75 Å². The molecule has 20 heavy (non-hydrogen) atoms. The number of rotatable bonds is 3. The number of primary amides is 1. The van der Waals surface area contributed by atoms with Gasteiger partial charge in [-0.2, -0.15) is 0 Å². The average molecular weight is 278 g/mol. The van der Waals surface area contributed by atoms with Crippen molar-refractivity contribution in [2.45, 2.75) is 24.9 Å². The van der Waals surface area contributed by atoms with Gasteiger partial charge in [0.1, 0.15) is 11.4 Å². The van der Waals surface area contributed by atoms with E-state index in [0.717, 1.165) is 29.7 Å². The van der Waals surface area contributed by atoms with Gasteiger partial charge in [0.05, 0.1) is 13.7 Å². The summed E-state index contributed by atoms with van der Waals surface area (Å²) in [6, 6.07) is 5.45. The van der Waals surface area contributed by atoms with E-state index in [1.54, 1.807) is 19.2 Å². The standard InChI is InChI=1S/C14H18N2O4/c1-20-10-4-5-11-9(7-10)3-2-6-14(11,19)8-16-13(18)12(15)17/h4-5,7,19H,2-3,6,8H2,1H3,(H2,15,17)(H,16,18). The normalized spacial score (nSPS) is 20.9. The van der Waals surface area contributed by atoms with Crippen molar-refractivity contribution in [3.63, 3.8) is 0 Å². The van der Waals surface area contributed by atoms with Gasteiger partial charge in [0.2, 0.25) is 0 Å². The second-order valence-electron chi connectivity index (χ2n) is 4.96. The van der Waals surface area contributed by atoms with Crippen molar-refractivity contribution in [2.24, 2.45) is 5.73 Å². The van der Waals surface area contributed by atoms with E-state index >= 15 is 0 Å². The van der Waals surface area contributed by atoms with Gasteiger partial charge in [-0.15, -0.1) is 0 Å². The van der Waals surface area contributed by atoms with E-state index in [4.69, 9.17) is 10.5 Å². The molecule has 0 fully saturated rings. The van der Waals surface area contributed by atoms with Gasteiger partial charge in [0.25, 0.3) is 0 Å². The summed E-state index contributed by atoms with van der Waals surface area (Å²) in [6.07, 6.45) is 2.16. The molecule has 0 spiro atoms. The first-order valence-electron chi connectivity index (χ1n) is 6.44. The van der Waals surface area contributed by atoms with Crippen LogP contribution in [0.15, 0.2) is 18.2 Å². The van der Waals surface area contributed by atoms with E-state index in [1.165, 1.54) is 0 Å². The minimum atomic E-state index is -1.18. The van der Waals surface area contributed by atoms with Gasteiger partial charge >= 0.3 is 11.8 Å². The first-order chi connectivity index (χ1) is 9.46. The maximum Gasteiger partial charge on any atom is 0.309 e. The Morgan fingerprint density at radius 3 is 2.90 bits per heavy atom. The fraction of sp³-hybridized carbons (Fsp3) is 0.429. The molecule has 6 heteroatoms. The molecule has 1 unspecified atom stereocenters. The predicted octanol–water partition coefficient (Wildman–Crippen LogP) is -0.179. The van der Waals surface area contributed by atoms with Crippen LogP contribution in [0.3, 0.4) is 0 Å². The zero-order valence-electron chi connectivity index (χ0n) is 11.3. The molecular weight excluding hydrogens is 260 g/mol. The van der Waals surface area contributed by atoms with Crippen LogP contribution in [0.2, 0.25) is 0 Å². The average Bonchev–Trinajstić information content (AvgIpc) is 2.44. The number of nitrogens with one attached hydrogen (secondary N) is 1. The molecule has 2 rings (SSSR count). The lowest BCUT2D eigenvalue weighted by Crippen LogP contribution is -2.46. The van der Waals surface area contributed by atoms with Crippen LogP contribution < -0.4 is 15.8 Å². The van der Waals surface area contributed by atoms with Crippen LogP contribution in [0, 0.1) is 0 Å². The van der Waals surface area contributed by atoms with Crippen LogP contribution in [-0.4, -0.2) is 30.6 Å². The van der Waals surface area contributed by atoms with Gasteiger partial charge in [-0.3, -0.25) is 9.59 Å². The Kier molecular flexibility index (Phi) is 3.94. The Morgan fingerprint density at radius 1 is 1.50 bits per heavy atom. The molecule has 2 amide bonds. The first kappa shape index (κ1) is 14.3. The fourth-order valence-corrected chi connectivity index (χ4v) is 2.56. The number of methoxy groups -OCH3 is 1. The number of aliphatic hydroxyl groups is 1. The number of benzene rings is 1. The van der Waals surface area contributed by atoms with Gasteiger partial charge in [-0.05, 0) is 42.5 Å². The third-order valence-corrected chi connectivity index (χ3v) is 3.62. The molecule has 1 aliphatic rings.